The molecule has 4 N–H and O–H groups in total. The highest BCUT2D eigenvalue weighted by molar-refractivity contribution is 5.76. The summed E-state index contributed by atoms with van der Waals surface area (Å²) in [5.41, 5.74) is -0.440. The summed E-state index contributed by atoms with van der Waals surface area (Å²) in [5, 5.41) is 26.4. The van der Waals surface area contributed by atoms with Crippen LogP contribution in [0.1, 0.15) is 64.8 Å². The molecule has 3 aromatic rings. The standard InChI is InChI=1S/C25H31F3N6O2/c1-25(2,36)13-3-6-16(9-13)34-22-20(12-29-23(33-22)30-15-4-7-17(35)8-5-15)31-24(34)32-21-18(27)10-14(26)11-19(21)28/h10-13,15-17,35-36H,3-9H2,1-2H3,(H,31,32)(H,29,30,33)/t13-,15?,16?,17?/m0/s1. The van der Waals surface area contributed by atoms with Gasteiger partial charge in [0.2, 0.25) is 11.9 Å². The van der Waals surface area contributed by atoms with Crippen LogP contribution in [0.4, 0.5) is 30.8 Å². The largest absolute Gasteiger partial charge is 0.393 e. The average Bonchev–Trinajstić information content (AvgIpc) is 3.42. The van der Waals surface area contributed by atoms with Gasteiger partial charge in [-0.3, -0.25) is 4.57 Å². The van der Waals surface area contributed by atoms with Crippen LogP contribution < -0.4 is 10.6 Å². The van der Waals surface area contributed by atoms with Crippen molar-refractivity contribution in [3.8, 4) is 0 Å². The molecule has 2 heterocycles. The molecule has 2 aromatic heterocycles. The molecule has 2 fully saturated rings. The van der Waals surface area contributed by atoms with Crippen molar-refractivity contribution in [1.82, 2.24) is 19.5 Å². The number of nitrogens with zero attached hydrogens (tertiary/aromatic N) is 4. The van der Waals surface area contributed by atoms with Crippen molar-refractivity contribution in [2.24, 2.45) is 5.92 Å². The molecule has 194 valence electrons. The number of imidazole rings is 1. The van der Waals surface area contributed by atoms with Crippen molar-refractivity contribution in [3.05, 3.63) is 35.8 Å². The molecule has 0 radical (unpaired) electrons. The van der Waals surface area contributed by atoms with Gasteiger partial charge in [-0.1, -0.05) is 0 Å². The van der Waals surface area contributed by atoms with Crippen LogP contribution >= 0.6 is 0 Å². The highest BCUT2D eigenvalue weighted by atomic mass is 19.1. The van der Waals surface area contributed by atoms with Gasteiger partial charge in [0, 0.05) is 24.2 Å². The van der Waals surface area contributed by atoms with Gasteiger partial charge in [-0.25, -0.2) is 23.1 Å². The normalized spacial score (nSPS) is 24.9. The number of benzene rings is 1. The molecule has 0 aliphatic heterocycles. The summed E-state index contributed by atoms with van der Waals surface area (Å²) in [5.74, 6) is -2.54. The summed E-state index contributed by atoms with van der Waals surface area (Å²) in [6.07, 6.45) is 6.42. The molecule has 36 heavy (non-hydrogen) atoms. The van der Waals surface area contributed by atoms with Crippen molar-refractivity contribution in [1.29, 1.82) is 0 Å². The molecule has 1 unspecified atom stereocenters. The molecule has 8 nitrogen and oxygen atoms in total. The number of rotatable bonds is 6. The number of hydrogen-bond acceptors (Lipinski definition) is 7. The zero-order chi connectivity index (χ0) is 25.6. The number of nitrogens with one attached hydrogen (secondary N) is 2. The van der Waals surface area contributed by atoms with Gasteiger partial charge < -0.3 is 20.8 Å². The molecule has 2 saturated carbocycles. The predicted octanol–water partition coefficient (Wildman–Crippen LogP) is 4.81. The van der Waals surface area contributed by atoms with Crippen molar-refractivity contribution >= 4 is 28.7 Å². The van der Waals surface area contributed by atoms with Crippen LogP contribution in [0, 0.1) is 23.4 Å². The molecule has 2 aliphatic rings. The van der Waals surface area contributed by atoms with Gasteiger partial charge in [0.1, 0.15) is 17.0 Å². The number of aliphatic hydroxyl groups excluding tert-OH is 1. The first-order chi connectivity index (χ1) is 17.1. The Morgan fingerprint density at radius 1 is 1.00 bits per heavy atom. The van der Waals surface area contributed by atoms with E-state index in [1.54, 1.807) is 24.6 Å². The van der Waals surface area contributed by atoms with E-state index in [2.05, 4.69) is 20.6 Å². The Kier molecular flexibility index (Phi) is 6.54. The van der Waals surface area contributed by atoms with Crippen LogP contribution in [0.25, 0.3) is 11.2 Å². The number of aromatic nitrogens is 4. The molecule has 0 amide bonds. The molecule has 0 bridgehead atoms. The summed E-state index contributed by atoms with van der Waals surface area (Å²) >= 11 is 0. The van der Waals surface area contributed by atoms with Gasteiger partial charge in [0.25, 0.3) is 0 Å². The molecular weight excluding hydrogens is 473 g/mol. The van der Waals surface area contributed by atoms with E-state index in [1.165, 1.54) is 0 Å². The third-order valence-corrected chi connectivity index (χ3v) is 7.48. The Hall–Kier alpha value is -2.92. The first-order valence-electron chi connectivity index (χ1n) is 12.4. The number of anilines is 3. The number of fused-ring (bicyclic) bond motifs is 1. The fourth-order valence-corrected chi connectivity index (χ4v) is 5.40. The summed E-state index contributed by atoms with van der Waals surface area (Å²) in [7, 11) is 0. The maximum absolute atomic E-state index is 14.5. The van der Waals surface area contributed by atoms with Crippen LogP contribution in [0.2, 0.25) is 0 Å². The molecule has 0 saturated heterocycles. The Labute approximate surface area is 207 Å². The van der Waals surface area contributed by atoms with Gasteiger partial charge in [0.15, 0.2) is 17.3 Å². The van der Waals surface area contributed by atoms with Gasteiger partial charge >= 0.3 is 0 Å². The monoisotopic (exact) mass is 504 g/mol. The highest BCUT2D eigenvalue weighted by Crippen LogP contribution is 2.43. The van der Waals surface area contributed by atoms with E-state index in [0.29, 0.717) is 48.5 Å². The van der Waals surface area contributed by atoms with E-state index in [4.69, 9.17) is 4.98 Å². The molecule has 5 rings (SSSR count). The van der Waals surface area contributed by atoms with Crippen molar-refractivity contribution < 1.29 is 23.4 Å². The third-order valence-electron chi connectivity index (χ3n) is 7.48. The van der Waals surface area contributed by atoms with E-state index in [1.807, 2.05) is 0 Å². The van der Waals surface area contributed by atoms with Gasteiger partial charge in [-0.2, -0.15) is 4.98 Å². The summed E-state index contributed by atoms with van der Waals surface area (Å²) in [6.45, 7) is 3.56. The van der Waals surface area contributed by atoms with Gasteiger partial charge in [-0.15, -0.1) is 0 Å². The smallest absolute Gasteiger partial charge is 0.224 e. The maximum atomic E-state index is 14.5. The highest BCUT2D eigenvalue weighted by Gasteiger charge is 2.37. The lowest BCUT2D eigenvalue weighted by Gasteiger charge is -2.26. The van der Waals surface area contributed by atoms with Crippen LogP contribution in [0.5, 0.6) is 0 Å². The second-order valence-corrected chi connectivity index (χ2v) is 10.5. The second-order valence-electron chi connectivity index (χ2n) is 10.5. The minimum Gasteiger partial charge on any atom is -0.393 e. The molecule has 0 spiro atoms. The number of hydrogen-bond donors (Lipinski definition) is 4. The molecule has 11 heteroatoms. The van der Waals surface area contributed by atoms with Gasteiger partial charge in [0.05, 0.1) is 17.9 Å². The lowest BCUT2D eigenvalue weighted by molar-refractivity contribution is 0.0186. The van der Waals surface area contributed by atoms with E-state index >= 15 is 0 Å². The van der Waals surface area contributed by atoms with Crippen molar-refractivity contribution in [2.75, 3.05) is 10.6 Å². The van der Waals surface area contributed by atoms with Crippen molar-refractivity contribution in [3.63, 3.8) is 0 Å². The average molecular weight is 505 g/mol. The maximum Gasteiger partial charge on any atom is 0.224 e. The van der Waals surface area contributed by atoms with E-state index in [9.17, 15) is 23.4 Å². The number of halogens is 3. The fraction of sp³-hybridized carbons (Fsp3) is 0.560. The SMILES string of the molecule is CC(C)(O)[C@H]1CCC(n2c(Nc3c(F)cc(F)cc3F)nc3cnc(NC4CCC(O)CC4)nc32)C1. The molecule has 1 aromatic carbocycles. The summed E-state index contributed by atoms with van der Waals surface area (Å²) in [6, 6.07) is 1.23. The second kappa shape index (κ2) is 9.51. The zero-order valence-electron chi connectivity index (χ0n) is 20.3. The number of aliphatic hydroxyl groups is 2. The van der Waals surface area contributed by atoms with E-state index in [0.717, 1.165) is 25.7 Å². The zero-order valence-corrected chi connectivity index (χ0v) is 20.3. The predicted molar refractivity (Wildman–Crippen MR) is 129 cm³/mol. The lowest BCUT2D eigenvalue weighted by atomic mass is 9.89. The van der Waals surface area contributed by atoms with Crippen LogP contribution in [0.15, 0.2) is 18.3 Å². The molecular formula is C25H31F3N6O2. The lowest BCUT2D eigenvalue weighted by Crippen LogP contribution is -2.29. The Balaban J connectivity index is 1.52. The van der Waals surface area contributed by atoms with E-state index in [-0.39, 0.29) is 30.1 Å². The van der Waals surface area contributed by atoms with Crippen molar-refractivity contribution in [2.45, 2.75) is 82.6 Å². The fourth-order valence-electron chi connectivity index (χ4n) is 5.40. The summed E-state index contributed by atoms with van der Waals surface area (Å²) in [4.78, 5) is 13.6. The summed E-state index contributed by atoms with van der Waals surface area (Å²) < 4.78 is 44.2. The quantitative estimate of drug-likeness (QED) is 0.381. The molecule has 2 atom stereocenters. The van der Waals surface area contributed by atoms with E-state index < -0.39 is 28.7 Å². The topological polar surface area (TPSA) is 108 Å². The Morgan fingerprint density at radius 2 is 1.69 bits per heavy atom. The molecule has 2 aliphatic carbocycles. The van der Waals surface area contributed by atoms with Gasteiger partial charge in [-0.05, 0) is 64.7 Å². The third kappa shape index (κ3) is 4.99. The first kappa shape index (κ1) is 24.8. The minimum atomic E-state index is -1.07. The van der Waals surface area contributed by atoms with Crippen LogP contribution in [-0.4, -0.2) is 47.5 Å². The minimum absolute atomic E-state index is 0.0280. The Morgan fingerprint density at radius 3 is 2.33 bits per heavy atom. The Bertz CT molecular complexity index is 1230. The van der Waals surface area contributed by atoms with Crippen LogP contribution in [-0.2, 0) is 0 Å². The van der Waals surface area contributed by atoms with Crippen LogP contribution in [0.3, 0.4) is 0 Å². The first-order valence-corrected chi connectivity index (χ1v) is 12.4.